The first-order chi connectivity index (χ1) is 8.34. The first-order valence-electron chi connectivity index (χ1n) is 5.90. The second kappa shape index (κ2) is 4.57. The van der Waals surface area contributed by atoms with Gasteiger partial charge in [-0.15, -0.1) is 0 Å². The molecule has 0 N–H and O–H groups in total. The van der Waals surface area contributed by atoms with E-state index in [1.54, 1.807) is 6.33 Å². The molecule has 1 aliphatic rings. The zero-order valence-electron chi connectivity index (χ0n) is 9.44. The largest absolute Gasteiger partial charge is 0.244 e. The Kier molecular flexibility index (Phi) is 2.93. The van der Waals surface area contributed by atoms with Gasteiger partial charge in [0.1, 0.15) is 10.9 Å². The molecule has 0 bridgehead atoms. The van der Waals surface area contributed by atoms with Crippen molar-refractivity contribution >= 4 is 15.9 Å². The Morgan fingerprint density at radius 2 is 1.88 bits per heavy atom. The predicted octanol–water partition coefficient (Wildman–Crippen LogP) is 4.17. The molecule has 1 saturated carbocycles. The van der Waals surface area contributed by atoms with Gasteiger partial charge >= 0.3 is 0 Å². The first-order valence-corrected chi connectivity index (χ1v) is 6.70. The van der Waals surface area contributed by atoms with Crippen LogP contribution in [0.2, 0.25) is 0 Å². The number of halogens is 1. The van der Waals surface area contributed by atoms with Crippen LogP contribution in [0.4, 0.5) is 0 Å². The summed E-state index contributed by atoms with van der Waals surface area (Å²) in [4.78, 5) is 8.21. The Bertz CT molecular complexity index is 518. The van der Waals surface area contributed by atoms with E-state index in [-0.39, 0.29) is 0 Å². The second-order valence-corrected chi connectivity index (χ2v) is 5.23. The van der Waals surface area contributed by atoms with E-state index in [4.69, 9.17) is 0 Å². The molecule has 1 aromatic heterocycles. The van der Waals surface area contributed by atoms with Crippen molar-refractivity contribution in [2.75, 3.05) is 0 Å². The Hall–Kier alpha value is -1.22. The summed E-state index contributed by atoms with van der Waals surface area (Å²) in [5.41, 5.74) is 3.68. The third-order valence-corrected chi connectivity index (χ3v) is 4.09. The molecule has 1 fully saturated rings. The molecule has 2 nitrogen and oxygen atoms in total. The summed E-state index contributed by atoms with van der Waals surface area (Å²) >= 11 is 3.45. The molecular formula is C14H13BrN2. The van der Waals surface area contributed by atoms with Gasteiger partial charge in [-0.3, -0.25) is 0 Å². The van der Waals surface area contributed by atoms with Crippen molar-refractivity contribution in [3.63, 3.8) is 0 Å². The minimum atomic E-state index is 0.791. The van der Waals surface area contributed by atoms with Crippen LogP contribution in [-0.4, -0.2) is 9.97 Å². The van der Waals surface area contributed by atoms with Gasteiger partial charge in [-0.2, -0.15) is 0 Å². The molecule has 0 atom stereocenters. The van der Waals surface area contributed by atoms with Crippen molar-refractivity contribution < 1.29 is 0 Å². The minimum absolute atomic E-state index is 0.791. The fourth-order valence-electron chi connectivity index (χ4n) is 2.18. The van der Waals surface area contributed by atoms with Crippen molar-refractivity contribution in [2.45, 2.75) is 25.2 Å². The van der Waals surface area contributed by atoms with Gasteiger partial charge in [0.05, 0.1) is 0 Å². The summed E-state index contributed by atoms with van der Waals surface area (Å²) in [5.74, 6) is 0.791. The smallest absolute Gasteiger partial charge is 0.117 e. The maximum atomic E-state index is 4.15. The fraction of sp³-hybridized carbons (Fsp3) is 0.286. The van der Waals surface area contributed by atoms with Crippen LogP contribution in [0.5, 0.6) is 0 Å². The lowest BCUT2D eigenvalue weighted by molar-refractivity contribution is 0.420. The first kappa shape index (κ1) is 10.9. The van der Waals surface area contributed by atoms with Crippen molar-refractivity contribution in [3.8, 4) is 11.1 Å². The van der Waals surface area contributed by atoms with Crippen LogP contribution < -0.4 is 0 Å². The maximum Gasteiger partial charge on any atom is 0.117 e. The normalized spacial score (nSPS) is 15.6. The number of rotatable bonds is 2. The summed E-state index contributed by atoms with van der Waals surface area (Å²) in [7, 11) is 0. The average molecular weight is 289 g/mol. The van der Waals surface area contributed by atoms with Crippen LogP contribution in [0.3, 0.4) is 0 Å². The van der Waals surface area contributed by atoms with Crippen LogP contribution >= 0.6 is 15.9 Å². The Morgan fingerprint density at radius 3 is 2.47 bits per heavy atom. The quantitative estimate of drug-likeness (QED) is 0.775. The van der Waals surface area contributed by atoms with Crippen LogP contribution in [0.25, 0.3) is 11.1 Å². The minimum Gasteiger partial charge on any atom is -0.244 e. The number of benzene rings is 1. The lowest BCUT2D eigenvalue weighted by atomic mass is 9.80. The highest BCUT2D eigenvalue weighted by atomic mass is 79.9. The zero-order valence-corrected chi connectivity index (χ0v) is 11.0. The van der Waals surface area contributed by atoms with Gasteiger partial charge in [0.25, 0.3) is 0 Å². The molecule has 0 spiro atoms. The molecule has 1 heterocycles. The second-order valence-electron chi connectivity index (χ2n) is 4.48. The molecule has 0 amide bonds. The van der Waals surface area contributed by atoms with Gasteiger partial charge in [-0.05, 0) is 45.8 Å². The molecule has 3 heteroatoms. The van der Waals surface area contributed by atoms with E-state index >= 15 is 0 Å². The topological polar surface area (TPSA) is 25.8 Å². The number of nitrogens with zero attached hydrogens (tertiary/aromatic N) is 2. The van der Waals surface area contributed by atoms with Gasteiger partial charge in [-0.25, -0.2) is 9.97 Å². The molecule has 1 aliphatic carbocycles. The molecule has 0 saturated heterocycles. The SMILES string of the molecule is Brc1ncncc1-c1ccc(C2CCC2)cc1. The summed E-state index contributed by atoms with van der Waals surface area (Å²) < 4.78 is 0.851. The Labute approximate surface area is 109 Å². The lowest BCUT2D eigenvalue weighted by Gasteiger charge is -2.25. The molecule has 2 aromatic rings. The number of hydrogen-bond acceptors (Lipinski definition) is 2. The van der Waals surface area contributed by atoms with Crippen LogP contribution in [0.15, 0.2) is 41.4 Å². The highest BCUT2D eigenvalue weighted by molar-refractivity contribution is 9.10. The number of aromatic nitrogens is 2. The van der Waals surface area contributed by atoms with Gasteiger partial charge in [-0.1, -0.05) is 30.7 Å². The summed E-state index contributed by atoms with van der Waals surface area (Å²) in [6.45, 7) is 0. The van der Waals surface area contributed by atoms with Crippen LogP contribution in [0.1, 0.15) is 30.7 Å². The third kappa shape index (κ3) is 2.12. The van der Waals surface area contributed by atoms with E-state index in [0.717, 1.165) is 16.1 Å². The van der Waals surface area contributed by atoms with Crippen molar-refractivity contribution in [2.24, 2.45) is 0 Å². The third-order valence-electron chi connectivity index (χ3n) is 3.46. The Morgan fingerprint density at radius 1 is 1.12 bits per heavy atom. The van der Waals surface area contributed by atoms with Crippen molar-refractivity contribution in [1.29, 1.82) is 0 Å². The fourth-order valence-corrected chi connectivity index (χ4v) is 2.61. The van der Waals surface area contributed by atoms with E-state index in [1.165, 1.54) is 30.4 Å². The van der Waals surface area contributed by atoms with Crippen molar-refractivity contribution in [3.05, 3.63) is 47.0 Å². The molecule has 17 heavy (non-hydrogen) atoms. The van der Waals surface area contributed by atoms with Gasteiger partial charge in [0.2, 0.25) is 0 Å². The monoisotopic (exact) mass is 288 g/mol. The molecule has 0 aliphatic heterocycles. The van der Waals surface area contributed by atoms with Crippen LogP contribution in [-0.2, 0) is 0 Å². The highest BCUT2D eigenvalue weighted by Gasteiger charge is 2.19. The summed E-state index contributed by atoms with van der Waals surface area (Å²) in [5, 5.41) is 0. The van der Waals surface area contributed by atoms with E-state index in [9.17, 15) is 0 Å². The standard InChI is InChI=1S/C14H13BrN2/c15-14-13(8-16-9-17-14)12-6-4-11(5-7-12)10-2-1-3-10/h4-10H,1-3H2. The van der Waals surface area contributed by atoms with Crippen molar-refractivity contribution in [1.82, 2.24) is 9.97 Å². The van der Waals surface area contributed by atoms with E-state index < -0.39 is 0 Å². The van der Waals surface area contributed by atoms with E-state index in [1.807, 2.05) is 6.20 Å². The van der Waals surface area contributed by atoms with Gasteiger partial charge in [0, 0.05) is 11.8 Å². The van der Waals surface area contributed by atoms with Gasteiger partial charge in [0.15, 0.2) is 0 Å². The molecular weight excluding hydrogens is 276 g/mol. The highest BCUT2D eigenvalue weighted by Crippen LogP contribution is 2.37. The summed E-state index contributed by atoms with van der Waals surface area (Å²) in [6, 6.07) is 8.80. The van der Waals surface area contributed by atoms with E-state index in [0.29, 0.717) is 0 Å². The zero-order chi connectivity index (χ0) is 11.7. The van der Waals surface area contributed by atoms with Crippen LogP contribution in [0, 0.1) is 0 Å². The molecule has 0 unspecified atom stereocenters. The van der Waals surface area contributed by atoms with E-state index in [2.05, 4.69) is 50.2 Å². The molecule has 0 radical (unpaired) electrons. The molecule has 3 rings (SSSR count). The lowest BCUT2D eigenvalue weighted by Crippen LogP contribution is -2.08. The maximum absolute atomic E-state index is 4.15. The predicted molar refractivity (Wildman–Crippen MR) is 71.8 cm³/mol. The summed E-state index contributed by atoms with van der Waals surface area (Å²) in [6.07, 6.45) is 7.46. The van der Waals surface area contributed by atoms with Gasteiger partial charge < -0.3 is 0 Å². The average Bonchev–Trinajstić information content (AvgIpc) is 2.29. The molecule has 86 valence electrons. The molecule has 1 aromatic carbocycles. The number of hydrogen-bond donors (Lipinski definition) is 0. The Balaban J connectivity index is 1.91.